The van der Waals surface area contributed by atoms with Crippen LogP contribution in [0.5, 0.6) is 5.75 Å². The summed E-state index contributed by atoms with van der Waals surface area (Å²) < 4.78 is 5.06. The molecule has 1 aliphatic rings. The topological polar surface area (TPSA) is 50.7 Å². The van der Waals surface area contributed by atoms with Crippen molar-refractivity contribution >= 4 is 11.6 Å². The summed E-state index contributed by atoms with van der Waals surface area (Å²) in [6.07, 6.45) is 4.58. The number of nitrogens with zero attached hydrogens (tertiary/aromatic N) is 1. The van der Waals surface area contributed by atoms with Crippen molar-refractivity contribution in [1.82, 2.24) is 5.43 Å². The van der Waals surface area contributed by atoms with Gasteiger partial charge in [0, 0.05) is 11.3 Å². The van der Waals surface area contributed by atoms with E-state index >= 15 is 0 Å². The Morgan fingerprint density at radius 3 is 2.68 bits per heavy atom. The van der Waals surface area contributed by atoms with E-state index < -0.39 is 0 Å². The second-order valence-corrected chi connectivity index (χ2v) is 4.92. The van der Waals surface area contributed by atoms with E-state index in [0.29, 0.717) is 11.5 Å². The van der Waals surface area contributed by atoms with Gasteiger partial charge >= 0.3 is 0 Å². The third-order valence-electron chi connectivity index (χ3n) is 3.54. The molecule has 1 atom stereocenters. The van der Waals surface area contributed by atoms with Gasteiger partial charge in [-0.2, -0.15) is 5.10 Å². The Labute approximate surface area is 113 Å². The summed E-state index contributed by atoms with van der Waals surface area (Å²) in [5, 5.41) is 4.27. The van der Waals surface area contributed by atoms with Crippen molar-refractivity contribution < 1.29 is 9.53 Å². The Bertz CT molecular complexity index is 466. The number of nitrogens with one attached hydrogen (secondary N) is 1. The van der Waals surface area contributed by atoms with Gasteiger partial charge in [-0.15, -0.1) is 0 Å². The number of ether oxygens (including phenoxy) is 1. The summed E-state index contributed by atoms with van der Waals surface area (Å²) in [7, 11) is 1.60. The van der Waals surface area contributed by atoms with Crippen LogP contribution in [0.3, 0.4) is 0 Å². The first kappa shape index (κ1) is 13.6. The molecule has 102 valence electrons. The number of benzene rings is 1. The summed E-state index contributed by atoms with van der Waals surface area (Å²) >= 11 is 0. The van der Waals surface area contributed by atoms with Crippen molar-refractivity contribution in [2.45, 2.75) is 32.6 Å². The Balaban J connectivity index is 1.98. The van der Waals surface area contributed by atoms with E-state index in [9.17, 15) is 4.79 Å². The fraction of sp³-hybridized carbons (Fsp3) is 0.467. The van der Waals surface area contributed by atoms with Crippen LogP contribution < -0.4 is 10.2 Å². The van der Waals surface area contributed by atoms with Gasteiger partial charge in [0.05, 0.1) is 7.11 Å². The first-order chi connectivity index (χ1) is 9.20. The Morgan fingerprint density at radius 1 is 1.32 bits per heavy atom. The minimum atomic E-state index is -0.173. The number of hydrogen-bond donors (Lipinski definition) is 1. The molecule has 4 nitrogen and oxygen atoms in total. The molecule has 1 saturated carbocycles. The van der Waals surface area contributed by atoms with E-state index in [2.05, 4.69) is 17.5 Å². The molecule has 4 heteroatoms. The van der Waals surface area contributed by atoms with Gasteiger partial charge in [-0.1, -0.05) is 13.3 Å². The fourth-order valence-electron chi connectivity index (χ4n) is 2.27. The molecule has 1 N–H and O–H groups in total. The van der Waals surface area contributed by atoms with Crippen LogP contribution >= 0.6 is 0 Å². The molecule has 0 heterocycles. The second kappa shape index (κ2) is 6.36. The van der Waals surface area contributed by atoms with Crippen LogP contribution in [-0.4, -0.2) is 18.7 Å². The lowest BCUT2D eigenvalue weighted by molar-refractivity contribution is 0.0954. The highest BCUT2D eigenvalue weighted by Crippen LogP contribution is 2.20. The number of hydrazone groups is 1. The molecule has 0 aliphatic heterocycles. The van der Waals surface area contributed by atoms with Crippen LogP contribution in [0.4, 0.5) is 0 Å². The number of carbonyl (C=O) groups excluding carboxylic acids is 1. The quantitative estimate of drug-likeness (QED) is 0.849. The minimum absolute atomic E-state index is 0.173. The molecule has 0 radical (unpaired) electrons. The highest BCUT2D eigenvalue weighted by Gasteiger charge is 2.16. The lowest BCUT2D eigenvalue weighted by Gasteiger charge is -2.19. The van der Waals surface area contributed by atoms with Gasteiger partial charge in [-0.05, 0) is 49.4 Å². The predicted octanol–water partition coefficient (Wildman–Crippen LogP) is 2.99. The molecule has 2 rings (SSSR count). The summed E-state index contributed by atoms with van der Waals surface area (Å²) in [5.74, 6) is 1.04. The van der Waals surface area contributed by atoms with Crippen molar-refractivity contribution in [2.75, 3.05) is 7.11 Å². The molecule has 1 aliphatic carbocycles. The van der Waals surface area contributed by atoms with E-state index in [1.807, 2.05) is 0 Å². The summed E-state index contributed by atoms with van der Waals surface area (Å²) in [6.45, 7) is 2.16. The third-order valence-corrected chi connectivity index (χ3v) is 3.54. The molecule has 1 fully saturated rings. The average molecular weight is 260 g/mol. The first-order valence-electron chi connectivity index (χ1n) is 6.71. The molecular formula is C15H20N2O2. The lowest BCUT2D eigenvalue weighted by atomic mass is 9.89. The van der Waals surface area contributed by atoms with Crippen LogP contribution in [0.25, 0.3) is 0 Å². The Kier molecular flexibility index (Phi) is 4.55. The minimum Gasteiger partial charge on any atom is -0.497 e. The summed E-state index contributed by atoms with van der Waals surface area (Å²) in [6, 6.07) is 7.01. The van der Waals surface area contributed by atoms with Crippen LogP contribution in [0.2, 0.25) is 0 Å². The maximum atomic E-state index is 11.9. The SMILES string of the molecule is COc1ccc(C(=O)N/N=C2/CCCC[C@@H]2C)cc1. The van der Waals surface area contributed by atoms with E-state index in [1.54, 1.807) is 31.4 Å². The van der Waals surface area contributed by atoms with E-state index in [1.165, 1.54) is 12.8 Å². The molecule has 1 aromatic carbocycles. The van der Waals surface area contributed by atoms with E-state index in [-0.39, 0.29) is 5.91 Å². The summed E-state index contributed by atoms with van der Waals surface area (Å²) in [4.78, 5) is 11.9. The van der Waals surface area contributed by atoms with Gasteiger partial charge in [0.25, 0.3) is 5.91 Å². The van der Waals surface area contributed by atoms with Crippen molar-refractivity contribution in [3.05, 3.63) is 29.8 Å². The summed E-state index contributed by atoms with van der Waals surface area (Å²) in [5.41, 5.74) is 4.34. The molecule has 0 bridgehead atoms. The number of hydrogen-bond acceptors (Lipinski definition) is 3. The molecule has 0 saturated heterocycles. The van der Waals surface area contributed by atoms with Gasteiger partial charge < -0.3 is 4.74 Å². The largest absolute Gasteiger partial charge is 0.497 e. The van der Waals surface area contributed by atoms with Crippen molar-refractivity contribution in [3.63, 3.8) is 0 Å². The highest BCUT2D eigenvalue weighted by molar-refractivity contribution is 5.96. The normalized spacial score (nSPS) is 21.2. The fourth-order valence-corrected chi connectivity index (χ4v) is 2.27. The number of amides is 1. The van der Waals surface area contributed by atoms with E-state index in [0.717, 1.165) is 24.3 Å². The van der Waals surface area contributed by atoms with Crippen LogP contribution in [0.15, 0.2) is 29.4 Å². The molecule has 1 aromatic rings. The Morgan fingerprint density at radius 2 is 2.05 bits per heavy atom. The van der Waals surface area contributed by atoms with Gasteiger partial charge in [-0.25, -0.2) is 5.43 Å². The van der Waals surface area contributed by atoms with Crippen LogP contribution in [0, 0.1) is 5.92 Å². The number of rotatable bonds is 3. The van der Waals surface area contributed by atoms with E-state index in [4.69, 9.17) is 4.74 Å². The average Bonchev–Trinajstić information content (AvgIpc) is 2.46. The Hall–Kier alpha value is -1.84. The number of methoxy groups -OCH3 is 1. The second-order valence-electron chi connectivity index (χ2n) is 4.92. The molecule has 0 unspecified atom stereocenters. The maximum absolute atomic E-state index is 11.9. The molecule has 0 spiro atoms. The zero-order valence-corrected chi connectivity index (χ0v) is 11.5. The third kappa shape index (κ3) is 3.56. The van der Waals surface area contributed by atoms with Crippen LogP contribution in [-0.2, 0) is 0 Å². The highest BCUT2D eigenvalue weighted by atomic mass is 16.5. The number of carbonyl (C=O) groups is 1. The molecule has 0 aromatic heterocycles. The molecule has 19 heavy (non-hydrogen) atoms. The standard InChI is InChI=1S/C15H20N2O2/c1-11-5-3-4-6-14(11)16-17-15(18)12-7-9-13(19-2)10-8-12/h7-11H,3-6H2,1-2H3,(H,17,18)/b16-14-/t11-/m0/s1. The van der Waals surface area contributed by atoms with Gasteiger partial charge in [0.1, 0.15) is 5.75 Å². The zero-order valence-electron chi connectivity index (χ0n) is 11.5. The smallest absolute Gasteiger partial charge is 0.271 e. The predicted molar refractivity (Wildman–Crippen MR) is 75.5 cm³/mol. The zero-order chi connectivity index (χ0) is 13.7. The maximum Gasteiger partial charge on any atom is 0.271 e. The molecule has 1 amide bonds. The van der Waals surface area contributed by atoms with Crippen LogP contribution in [0.1, 0.15) is 43.0 Å². The van der Waals surface area contributed by atoms with Gasteiger partial charge in [0.15, 0.2) is 0 Å². The van der Waals surface area contributed by atoms with Crippen molar-refractivity contribution in [1.29, 1.82) is 0 Å². The molecular weight excluding hydrogens is 240 g/mol. The first-order valence-corrected chi connectivity index (χ1v) is 6.71. The van der Waals surface area contributed by atoms with Crippen molar-refractivity contribution in [2.24, 2.45) is 11.0 Å². The van der Waals surface area contributed by atoms with Crippen molar-refractivity contribution in [3.8, 4) is 5.75 Å². The lowest BCUT2D eigenvalue weighted by Crippen LogP contribution is -2.24. The van der Waals surface area contributed by atoms with Gasteiger partial charge in [0.2, 0.25) is 0 Å². The van der Waals surface area contributed by atoms with Gasteiger partial charge in [-0.3, -0.25) is 4.79 Å². The monoisotopic (exact) mass is 260 g/mol.